The zero-order valence-corrected chi connectivity index (χ0v) is 6.43. The minimum absolute atomic E-state index is 0.0162. The maximum Gasteiger partial charge on any atom is 0.306 e. The van der Waals surface area contributed by atoms with Gasteiger partial charge >= 0.3 is 5.97 Å². The molecule has 1 aromatic heterocycles. The average molecular weight is 167 g/mol. The molecule has 1 rings (SSSR count). The van der Waals surface area contributed by atoms with Crippen LogP contribution >= 0.6 is 0 Å². The number of carbonyl (C=O) groups is 1. The Morgan fingerprint density at radius 1 is 1.50 bits per heavy atom. The van der Waals surface area contributed by atoms with Gasteiger partial charge in [0.2, 0.25) is 0 Å². The molecule has 0 saturated heterocycles. The molecule has 1 aromatic rings. The van der Waals surface area contributed by atoms with E-state index in [0.717, 1.165) is 0 Å². The molecule has 0 aliphatic carbocycles. The van der Waals surface area contributed by atoms with Gasteiger partial charge in [0.05, 0.1) is 13.0 Å². The number of hydrogen-bond donors (Lipinski definition) is 1. The maximum atomic E-state index is 10.1. The van der Waals surface area contributed by atoms with E-state index in [4.69, 9.17) is 9.84 Å². The Labute approximate surface area is 69.8 Å². The van der Waals surface area contributed by atoms with Crippen LogP contribution < -0.4 is 4.74 Å². The number of aliphatic carboxylic acids is 1. The van der Waals surface area contributed by atoms with E-state index in [9.17, 15) is 4.79 Å². The van der Waals surface area contributed by atoms with Gasteiger partial charge in [0, 0.05) is 12.4 Å². The van der Waals surface area contributed by atoms with Gasteiger partial charge in [-0.3, -0.25) is 9.78 Å². The highest BCUT2D eigenvalue weighted by atomic mass is 16.5. The fourth-order valence-corrected chi connectivity index (χ4v) is 0.691. The smallest absolute Gasteiger partial charge is 0.306 e. The molecule has 0 bridgehead atoms. The second-order valence-electron chi connectivity index (χ2n) is 2.18. The summed E-state index contributed by atoms with van der Waals surface area (Å²) in [5, 5.41) is 8.30. The van der Waals surface area contributed by atoms with E-state index in [1.807, 2.05) is 0 Å². The van der Waals surface area contributed by atoms with Crippen LogP contribution in [0.2, 0.25) is 0 Å². The molecule has 12 heavy (non-hydrogen) atoms. The van der Waals surface area contributed by atoms with Crippen molar-refractivity contribution in [2.24, 2.45) is 0 Å². The van der Waals surface area contributed by atoms with Crippen molar-refractivity contribution in [1.82, 2.24) is 4.98 Å². The van der Waals surface area contributed by atoms with Gasteiger partial charge in [-0.05, 0) is 12.1 Å². The van der Waals surface area contributed by atoms with Crippen LogP contribution in [0.5, 0.6) is 5.75 Å². The van der Waals surface area contributed by atoms with Gasteiger partial charge in [-0.15, -0.1) is 0 Å². The average Bonchev–Trinajstić information content (AvgIpc) is 2.05. The highest BCUT2D eigenvalue weighted by Crippen LogP contribution is 2.06. The van der Waals surface area contributed by atoms with Crippen molar-refractivity contribution >= 4 is 5.97 Å². The van der Waals surface area contributed by atoms with Gasteiger partial charge in [-0.1, -0.05) is 0 Å². The third-order valence-electron chi connectivity index (χ3n) is 1.23. The fourth-order valence-electron chi connectivity index (χ4n) is 0.691. The summed E-state index contributed by atoms with van der Waals surface area (Å²) in [6.45, 7) is 0.194. The van der Waals surface area contributed by atoms with E-state index < -0.39 is 5.97 Å². The summed E-state index contributed by atoms with van der Waals surface area (Å²) in [4.78, 5) is 13.9. The third-order valence-corrected chi connectivity index (χ3v) is 1.23. The van der Waals surface area contributed by atoms with E-state index in [-0.39, 0.29) is 13.0 Å². The van der Waals surface area contributed by atoms with Crippen LogP contribution in [0.1, 0.15) is 6.42 Å². The predicted molar refractivity (Wildman–Crippen MR) is 42.0 cm³/mol. The molecule has 1 heterocycles. The third kappa shape index (κ3) is 3.01. The topological polar surface area (TPSA) is 59.4 Å². The lowest BCUT2D eigenvalue weighted by molar-refractivity contribution is -0.137. The highest BCUT2D eigenvalue weighted by molar-refractivity contribution is 5.66. The molecule has 0 aliphatic heterocycles. The van der Waals surface area contributed by atoms with Crippen LogP contribution in [0, 0.1) is 0 Å². The molecule has 0 saturated carbocycles. The number of hydrogen-bond acceptors (Lipinski definition) is 3. The molecule has 0 amide bonds. The summed E-state index contributed by atoms with van der Waals surface area (Å²) in [5.74, 6) is -0.213. The lowest BCUT2D eigenvalue weighted by Gasteiger charge is -2.01. The molecule has 0 aliphatic rings. The first kappa shape index (κ1) is 8.52. The zero-order valence-electron chi connectivity index (χ0n) is 6.43. The molecule has 0 fully saturated rings. The van der Waals surface area contributed by atoms with Crippen molar-refractivity contribution in [1.29, 1.82) is 0 Å². The molecule has 4 nitrogen and oxygen atoms in total. The largest absolute Gasteiger partial charge is 0.493 e. The molecule has 0 atom stereocenters. The Morgan fingerprint density at radius 2 is 2.17 bits per heavy atom. The van der Waals surface area contributed by atoms with E-state index in [2.05, 4.69) is 4.98 Å². The number of carboxylic acid groups (broad SMARTS) is 1. The van der Waals surface area contributed by atoms with Gasteiger partial charge in [0.25, 0.3) is 0 Å². The Balaban J connectivity index is 2.29. The number of pyridine rings is 1. The molecule has 1 N–H and O–H groups in total. The van der Waals surface area contributed by atoms with Crippen LogP contribution in [-0.4, -0.2) is 22.7 Å². The van der Waals surface area contributed by atoms with Gasteiger partial charge in [0.1, 0.15) is 5.75 Å². The van der Waals surface area contributed by atoms with Crippen molar-refractivity contribution in [3.8, 4) is 5.75 Å². The standard InChI is InChI=1S/C8H9NO3/c10-8(11)3-6-12-7-1-4-9-5-2-7/h1-2,4-5H,3,6H2,(H,10,11). The highest BCUT2D eigenvalue weighted by Gasteiger charge is 1.96. The molecule has 64 valence electrons. The minimum atomic E-state index is -0.857. The SMILES string of the molecule is O=C(O)CCOc1ccncc1. The van der Waals surface area contributed by atoms with Crippen molar-refractivity contribution in [3.05, 3.63) is 24.5 Å². The Kier molecular flexibility index (Phi) is 3.07. The molecule has 0 spiro atoms. The van der Waals surface area contributed by atoms with E-state index in [1.165, 1.54) is 0 Å². The van der Waals surface area contributed by atoms with Crippen LogP contribution in [0.3, 0.4) is 0 Å². The summed E-state index contributed by atoms with van der Waals surface area (Å²) in [7, 11) is 0. The summed E-state index contributed by atoms with van der Waals surface area (Å²) in [6, 6.07) is 3.36. The molecular weight excluding hydrogens is 158 g/mol. The molecule has 0 radical (unpaired) electrons. The van der Waals surface area contributed by atoms with Gasteiger partial charge in [-0.25, -0.2) is 0 Å². The molecule has 4 heteroatoms. The number of nitrogens with zero attached hydrogens (tertiary/aromatic N) is 1. The summed E-state index contributed by atoms with van der Waals surface area (Å²) < 4.78 is 5.10. The predicted octanol–water partition coefficient (Wildman–Crippen LogP) is 0.935. The summed E-state index contributed by atoms with van der Waals surface area (Å²) >= 11 is 0. The summed E-state index contributed by atoms with van der Waals surface area (Å²) in [5.41, 5.74) is 0. The molecule has 0 aromatic carbocycles. The quantitative estimate of drug-likeness (QED) is 0.724. The second-order valence-corrected chi connectivity index (χ2v) is 2.18. The number of ether oxygens (including phenoxy) is 1. The van der Waals surface area contributed by atoms with Gasteiger partial charge < -0.3 is 9.84 Å². The van der Waals surface area contributed by atoms with Crippen molar-refractivity contribution in [3.63, 3.8) is 0 Å². The molecule has 0 unspecified atom stereocenters. The zero-order chi connectivity index (χ0) is 8.81. The number of rotatable bonds is 4. The first-order valence-corrected chi connectivity index (χ1v) is 3.53. The first-order valence-electron chi connectivity index (χ1n) is 3.53. The second kappa shape index (κ2) is 4.33. The van der Waals surface area contributed by atoms with Crippen molar-refractivity contribution < 1.29 is 14.6 Å². The van der Waals surface area contributed by atoms with Gasteiger partial charge in [0.15, 0.2) is 0 Å². The van der Waals surface area contributed by atoms with Crippen molar-refractivity contribution in [2.45, 2.75) is 6.42 Å². The maximum absolute atomic E-state index is 10.1. The Bertz CT molecular complexity index is 248. The van der Waals surface area contributed by atoms with Crippen LogP contribution in [0.15, 0.2) is 24.5 Å². The Morgan fingerprint density at radius 3 is 2.75 bits per heavy atom. The van der Waals surface area contributed by atoms with E-state index in [0.29, 0.717) is 5.75 Å². The van der Waals surface area contributed by atoms with E-state index in [1.54, 1.807) is 24.5 Å². The minimum Gasteiger partial charge on any atom is -0.493 e. The molecular formula is C8H9NO3. The number of aromatic nitrogens is 1. The van der Waals surface area contributed by atoms with Crippen LogP contribution in [0.25, 0.3) is 0 Å². The fraction of sp³-hybridized carbons (Fsp3) is 0.250. The van der Waals surface area contributed by atoms with Gasteiger partial charge in [-0.2, -0.15) is 0 Å². The lowest BCUT2D eigenvalue weighted by Crippen LogP contribution is -2.04. The van der Waals surface area contributed by atoms with Crippen LogP contribution in [0.4, 0.5) is 0 Å². The van der Waals surface area contributed by atoms with Crippen molar-refractivity contribution in [2.75, 3.05) is 6.61 Å². The first-order chi connectivity index (χ1) is 5.79. The lowest BCUT2D eigenvalue weighted by atomic mass is 10.4. The Hall–Kier alpha value is -1.58. The van der Waals surface area contributed by atoms with E-state index >= 15 is 0 Å². The summed E-state index contributed by atoms with van der Waals surface area (Å²) in [6.07, 6.45) is 3.20. The monoisotopic (exact) mass is 167 g/mol. The normalized spacial score (nSPS) is 9.33. The number of carboxylic acids is 1. The van der Waals surface area contributed by atoms with Crippen LogP contribution in [-0.2, 0) is 4.79 Å².